The lowest BCUT2D eigenvalue weighted by Crippen LogP contribution is -2.30. The van der Waals surface area contributed by atoms with Gasteiger partial charge in [0.25, 0.3) is 0 Å². The lowest BCUT2D eigenvalue weighted by atomic mass is 10.0. The minimum absolute atomic E-state index is 0.0113. The van der Waals surface area contributed by atoms with Crippen molar-refractivity contribution in [1.29, 1.82) is 0 Å². The Morgan fingerprint density at radius 3 is 1.76 bits per heavy atom. The smallest absolute Gasteiger partial charge is 0.306 e. The van der Waals surface area contributed by atoms with E-state index in [1.807, 2.05) is 19.0 Å². The molecule has 2 atom stereocenters. The predicted octanol–water partition coefficient (Wildman–Crippen LogP) is 6.04. The number of hydrogen-bond donors (Lipinski definition) is 1. The molecule has 0 radical (unpaired) electrons. The van der Waals surface area contributed by atoms with Crippen LogP contribution in [0.15, 0.2) is 0 Å². The standard InChI is InChI=1S/C27H53NO5/c1-5-7-9-11-12-13-15-19-25(18-14-10-8-6-2)33-27(31)21-17-16-20-26(30)32-23-24(29)22-28(3)4/h24-25,29H,5-23H2,1-4H3. The lowest BCUT2D eigenvalue weighted by molar-refractivity contribution is -0.151. The van der Waals surface area contributed by atoms with E-state index in [9.17, 15) is 14.7 Å². The highest BCUT2D eigenvalue weighted by molar-refractivity contribution is 5.70. The van der Waals surface area contributed by atoms with E-state index in [0.29, 0.717) is 25.8 Å². The molecule has 196 valence electrons. The summed E-state index contributed by atoms with van der Waals surface area (Å²) in [6.07, 6.45) is 16.7. The summed E-state index contributed by atoms with van der Waals surface area (Å²) in [6.45, 7) is 4.91. The quantitative estimate of drug-likeness (QED) is 0.145. The second kappa shape index (κ2) is 22.6. The maximum Gasteiger partial charge on any atom is 0.306 e. The molecule has 0 bridgehead atoms. The van der Waals surface area contributed by atoms with Gasteiger partial charge in [0, 0.05) is 19.4 Å². The fourth-order valence-electron chi connectivity index (χ4n) is 3.91. The van der Waals surface area contributed by atoms with E-state index < -0.39 is 6.10 Å². The highest BCUT2D eigenvalue weighted by Crippen LogP contribution is 2.17. The summed E-state index contributed by atoms with van der Waals surface area (Å²) < 4.78 is 10.9. The van der Waals surface area contributed by atoms with E-state index >= 15 is 0 Å². The zero-order valence-corrected chi connectivity index (χ0v) is 22.1. The van der Waals surface area contributed by atoms with Gasteiger partial charge in [-0.15, -0.1) is 0 Å². The molecular formula is C27H53NO5. The predicted molar refractivity (Wildman–Crippen MR) is 135 cm³/mol. The average Bonchev–Trinajstić information content (AvgIpc) is 2.77. The molecular weight excluding hydrogens is 418 g/mol. The van der Waals surface area contributed by atoms with Crippen LogP contribution in [0.5, 0.6) is 0 Å². The summed E-state index contributed by atoms with van der Waals surface area (Å²) in [5.74, 6) is -0.470. The second-order valence-corrected chi connectivity index (χ2v) is 9.68. The van der Waals surface area contributed by atoms with Crippen LogP contribution in [0.25, 0.3) is 0 Å². The topological polar surface area (TPSA) is 76.1 Å². The zero-order chi connectivity index (χ0) is 24.7. The van der Waals surface area contributed by atoms with E-state index in [4.69, 9.17) is 9.47 Å². The molecule has 0 fully saturated rings. The van der Waals surface area contributed by atoms with Crippen molar-refractivity contribution < 1.29 is 24.2 Å². The Kier molecular flexibility index (Phi) is 21.9. The number of ether oxygens (including phenoxy) is 2. The van der Waals surface area contributed by atoms with Crippen molar-refractivity contribution in [2.24, 2.45) is 0 Å². The maximum atomic E-state index is 12.3. The van der Waals surface area contributed by atoms with Gasteiger partial charge in [-0.05, 0) is 52.6 Å². The fraction of sp³-hybridized carbons (Fsp3) is 0.926. The molecule has 0 aliphatic heterocycles. The van der Waals surface area contributed by atoms with Crippen LogP contribution in [0.3, 0.4) is 0 Å². The van der Waals surface area contributed by atoms with E-state index in [0.717, 1.165) is 25.7 Å². The van der Waals surface area contributed by atoms with Crippen molar-refractivity contribution >= 4 is 11.9 Å². The number of rotatable bonds is 23. The first-order chi connectivity index (χ1) is 15.9. The van der Waals surface area contributed by atoms with Crippen molar-refractivity contribution in [2.75, 3.05) is 27.2 Å². The number of aliphatic hydroxyl groups excluding tert-OH is 1. The zero-order valence-electron chi connectivity index (χ0n) is 22.1. The van der Waals surface area contributed by atoms with Gasteiger partial charge in [-0.25, -0.2) is 0 Å². The largest absolute Gasteiger partial charge is 0.463 e. The summed E-state index contributed by atoms with van der Waals surface area (Å²) in [6, 6.07) is 0. The molecule has 6 nitrogen and oxygen atoms in total. The van der Waals surface area contributed by atoms with Crippen LogP contribution in [-0.2, 0) is 19.1 Å². The Morgan fingerprint density at radius 2 is 1.21 bits per heavy atom. The van der Waals surface area contributed by atoms with Crippen LogP contribution in [0.2, 0.25) is 0 Å². The first-order valence-corrected chi connectivity index (χ1v) is 13.6. The molecule has 1 N–H and O–H groups in total. The monoisotopic (exact) mass is 471 g/mol. The third-order valence-corrected chi connectivity index (χ3v) is 5.83. The highest BCUT2D eigenvalue weighted by atomic mass is 16.5. The normalized spacial score (nSPS) is 13.2. The number of unbranched alkanes of at least 4 members (excludes halogenated alkanes) is 10. The third-order valence-electron chi connectivity index (χ3n) is 5.83. The lowest BCUT2D eigenvalue weighted by Gasteiger charge is -2.18. The minimum atomic E-state index is -0.676. The Morgan fingerprint density at radius 1 is 0.727 bits per heavy atom. The number of hydrogen-bond acceptors (Lipinski definition) is 6. The molecule has 6 heteroatoms. The van der Waals surface area contributed by atoms with Crippen LogP contribution in [-0.4, -0.2) is 61.4 Å². The SMILES string of the molecule is CCCCCCCCCC(CCCCCC)OC(=O)CCCCC(=O)OCC(O)CN(C)C. The van der Waals surface area contributed by atoms with E-state index in [1.165, 1.54) is 57.8 Å². The van der Waals surface area contributed by atoms with E-state index in [-0.39, 0.29) is 31.1 Å². The Hall–Kier alpha value is -1.14. The molecule has 0 aromatic rings. The number of nitrogens with zero attached hydrogens (tertiary/aromatic N) is 1. The number of carbonyl (C=O) groups is 2. The number of aliphatic hydroxyl groups is 1. The molecule has 2 unspecified atom stereocenters. The Bertz CT molecular complexity index is 469. The van der Waals surface area contributed by atoms with Gasteiger partial charge in [0.1, 0.15) is 18.8 Å². The van der Waals surface area contributed by atoms with E-state index in [1.54, 1.807) is 0 Å². The number of carbonyl (C=O) groups excluding carboxylic acids is 2. The molecule has 0 saturated heterocycles. The molecule has 0 rings (SSSR count). The summed E-state index contributed by atoms with van der Waals surface area (Å²) in [4.78, 5) is 26.0. The summed E-state index contributed by atoms with van der Waals surface area (Å²) in [5.41, 5.74) is 0. The molecule has 0 amide bonds. The van der Waals surface area contributed by atoms with Crippen LogP contribution >= 0.6 is 0 Å². The van der Waals surface area contributed by atoms with Crippen LogP contribution in [0, 0.1) is 0 Å². The summed E-state index contributed by atoms with van der Waals surface area (Å²) >= 11 is 0. The van der Waals surface area contributed by atoms with Gasteiger partial charge in [-0.2, -0.15) is 0 Å². The number of likely N-dealkylation sites (N-methyl/N-ethyl adjacent to an activating group) is 1. The summed E-state index contributed by atoms with van der Waals surface area (Å²) in [5, 5.41) is 9.73. The highest BCUT2D eigenvalue weighted by Gasteiger charge is 2.15. The molecule has 0 heterocycles. The molecule has 0 aliphatic rings. The molecule has 0 spiro atoms. The van der Waals surface area contributed by atoms with Crippen molar-refractivity contribution in [3.05, 3.63) is 0 Å². The third kappa shape index (κ3) is 22.4. The molecule has 0 aliphatic carbocycles. The first-order valence-electron chi connectivity index (χ1n) is 13.6. The van der Waals surface area contributed by atoms with Gasteiger partial charge in [0.2, 0.25) is 0 Å². The van der Waals surface area contributed by atoms with Crippen LogP contribution < -0.4 is 0 Å². The first kappa shape index (κ1) is 31.9. The van der Waals surface area contributed by atoms with Gasteiger partial charge < -0.3 is 19.5 Å². The van der Waals surface area contributed by atoms with Gasteiger partial charge >= 0.3 is 11.9 Å². The van der Waals surface area contributed by atoms with Crippen molar-refractivity contribution in [1.82, 2.24) is 4.90 Å². The number of esters is 2. The van der Waals surface area contributed by atoms with Gasteiger partial charge in [0.15, 0.2) is 0 Å². The average molecular weight is 472 g/mol. The van der Waals surface area contributed by atoms with Crippen molar-refractivity contribution in [2.45, 2.75) is 135 Å². The Labute approximate surface area is 203 Å². The maximum absolute atomic E-state index is 12.3. The van der Waals surface area contributed by atoms with Crippen molar-refractivity contribution in [3.8, 4) is 0 Å². The second-order valence-electron chi connectivity index (χ2n) is 9.68. The fourth-order valence-corrected chi connectivity index (χ4v) is 3.91. The molecule has 0 aromatic carbocycles. The van der Waals surface area contributed by atoms with E-state index in [2.05, 4.69) is 13.8 Å². The van der Waals surface area contributed by atoms with Gasteiger partial charge in [-0.1, -0.05) is 71.6 Å². The molecule has 0 aromatic heterocycles. The summed E-state index contributed by atoms with van der Waals surface area (Å²) in [7, 11) is 3.71. The van der Waals surface area contributed by atoms with Crippen molar-refractivity contribution in [3.63, 3.8) is 0 Å². The van der Waals surface area contributed by atoms with Gasteiger partial charge in [-0.3, -0.25) is 9.59 Å². The van der Waals surface area contributed by atoms with Crippen LogP contribution in [0.1, 0.15) is 123 Å². The van der Waals surface area contributed by atoms with Crippen LogP contribution in [0.4, 0.5) is 0 Å². The van der Waals surface area contributed by atoms with Gasteiger partial charge in [0.05, 0.1) is 0 Å². The minimum Gasteiger partial charge on any atom is -0.463 e. The molecule has 0 saturated carbocycles. The molecule has 33 heavy (non-hydrogen) atoms. The Balaban J connectivity index is 4.07.